The number of ether oxygens (including phenoxy) is 2. The Bertz CT molecular complexity index is 493. The molecule has 0 bridgehead atoms. The highest BCUT2D eigenvalue weighted by Gasteiger charge is 2.33. The van der Waals surface area contributed by atoms with Gasteiger partial charge in [-0.2, -0.15) is 0 Å². The summed E-state index contributed by atoms with van der Waals surface area (Å²) in [4.78, 5) is 14.7. The number of halogens is 4. The zero-order valence-electron chi connectivity index (χ0n) is 10.3. The fourth-order valence-electron chi connectivity index (χ4n) is 1.33. The number of rotatable bonds is 5. The fraction of sp³-hybridized carbons (Fsp3) is 0.455. The van der Waals surface area contributed by atoms with Crippen LogP contribution in [0.25, 0.3) is 0 Å². The number of aromatic hydroxyl groups is 1. The monoisotopic (exact) mass is 313 g/mol. The lowest BCUT2D eigenvalue weighted by molar-refractivity contribution is -0.276. The van der Waals surface area contributed by atoms with Crippen LogP contribution in [0.3, 0.4) is 0 Å². The molecule has 0 atom stereocenters. The predicted octanol–water partition coefficient (Wildman–Crippen LogP) is 2.53. The van der Waals surface area contributed by atoms with Crippen molar-refractivity contribution in [3.05, 3.63) is 17.3 Å². The summed E-state index contributed by atoms with van der Waals surface area (Å²) < 4.78 is 45.0. The van der Waals surface area contributed by atoms with Crippen LogP contribution in [-0.4, -0.2) is 29.0 Å². The van der Waals surface area contributed by atoms with Crippen molar-refractivity contribution in [1.82, 2.24) is 4.98 Å². The molecule has 0 saturated carbocycles. The number of pyridine rings is 1. The van der Waals surface area contributed by atoms with E-state index in [1.807, 2.05) is 0 Å². The lowest BCUT2D eigenvalue weighted by atomic mass is 10.2. The second-order valence-corrected chi connectivity index (χ2v) is 3.85. The average Bonchev–Trinajstić information content (AvgIpc) is 2.31. The van der Waals surface area contributed by atoms with E-state index in [4.69, 9.17) is 11.6 Å². The van der Waals surface area contributed by atoms with Crippen molar-refractivity contribution in [3.8, 4) is 11.6 Å². The molecule has 0 aliphatic carbocycles. The van der Waals surface area contributed by atoms with Gasteiger partial charge in [-0.05, 0) is 13.0 Å². The maximum absolute atomic E-state index is 12.2. The van der Waals surface area contributed by atoms with Gasteiger partial charge in [0.05, 0.1) is 24.6 Å². The van der Waals surface area contributed by atoms with E-state index >= 15 is 0 Å². The molecule has 0 aliphatic rings. The van der Waals surface area contributed by atoms with Gasteiger partial charge in [0, 0.05) is 5.56 Å². The third kappa shape index (κ3) is 4.76. The van der Waals surface area contributed by atoms with Gasteiger partial charge < -0.3 is 14.6 Å². The van der Waals surface area contributed by atoms with Gasteiger partial charge in [-0.15, -0.1) is 24.8 Å². The van der Waals surface area contributed by atoms with Crippen LogP contribution in [0, 0.1) is 0 Å². The van der Waals surface area contributed by atoms with Gasteiger partial charge in [-0.25, -0.2) is 4.98 Å². The summed E-state index contributed by atoms with van der Waals surface area (Å²) >= 11 is 5.45. The molecule has 0 aromatic carbocycles. The van der Waals surface area contributed by atoms with Crippen molar-refractivity contribution in [1.29, 1.82) is 0 Å². The quantitative estimate of drug-likeness (QED) is 0.668. The molecule has 0 spiro atoms. The summed E-state index contributed by atoms with van der Waals surface area (Å²) in [7, 11) is 0. The molecule has 1 aromatic rings. The molecule has 1 rings (SSSR count). The Morgan fingerprint density at radius 1 is 1.50 bits per heavy atom. The van der Waals surface area contributed by atoms with E-state index in [2.05, 4.69) is 14.5 Å². The maximum Gasteiger partial charge on any atom is 0.574 e. The minimum Gasteiger partial charge on any atom is -0.506 e. The Hall–Kier alpha value is -1.70. The molecule has 0 amide bonds. The van der Waals surface area contributed by atoms with Crippen LogP contribution in [0.5, 0.6) is 11.6 Å². The van der Waals surface area contributed by atoms with Gasteiger partial charge in [0.1, 0.15) is 5.75 Å². The van der Waals surface area contributed by atoms with Crippen molar-refractivity contribution >= 4 is 17.6 Å². The third-order valence-electron chi connectivity index (χ3n) is 2.09. The Labute approximate surface area is 117 Å². The summed E-state index contributed by atoms with van der Waals surface area (Å²) in [5.41, 5.74) is -0.425. The summed E-state index contributed by atoms with van der Waals surface area (Å²) in [6.45, 7) is 1.67. The van der Waals surface area contributed by atoms with Crippen LogP contribution in [0.15, 0.2) is 6.07 Å². The van der Waals surface area contributed by atoms with Crippen LogP contribution < -0.4 is 4.74 Å². The van der Waals surface area contributed by atoms with Gasteiger partial charge in [0.2, 0.25) is 5.88 Å². The molecule has 0 aliphatic heterocycles. The van der Waals surface area contributed by atoms with Crippen LogP contribution in [-0.2, 0) is 21.8 Å². The minimum atomic E-state index is -4.95. The second-order valence-electron chi connectivity index (χ2n) is 3.58. The molecule has 0 fully saturated rings. The zero-order chi connectivity index (χ0) is 15.3. The fourth-order valence-corrected chi connectivity index (χ4v) is 1.53. The van der Waals surface area contributed by atoms with E-state index in [9.17, 15) is 23.1 Å². The molecule has 0 radical (unpaired) electrons. The van der Waals surface area contributed by atoms with E-state index in [1.54, 1.807) is 6.92 Å². The Balaban J connectivity index is 3.07. The Morgan fingerprint density at radius 3 is 2.65 bits per heavy atom. The first-order chi connectivity index (χ1) is 9.26. The van der Waals surface area contributed by atoms with Crippen LogP contribution in [0.1, 0.15) is 18.2 Å². The van der Waals surface area contributed by atoms with Crippen molar-refractivity contribution in [2.24, 2.45) is 0 Å². The number of aromatic nitrogens is 1. The van der Waals surface area contributed by atoms with Gasteiger partial charge in [0.25, 0.3) is 0 Å². The van der Waals surface area contributed by atoms with Gasteiger partial charge in [-0.3, -0.25) is 4.79 Å². The first-order valence-electron chi connectivity index (χ1n) is 5.46. The largest absolute Gasteiger partial charge is 0.574 e. The lowest BCUT2D eigenvalue weighted by Gasteiger charge is -2.13. The highest BCUT2D eigenvalue weighted by molar-refractivity contribution is 6.17. The molecule has 1 heterocycles. The second kappa shape index (κ2) is 6.65. The van der Waals surface area contributed by atoms with Crippen LogP contribution >= 0.6 is 11.6 Å². The van der Waals surface area contributed by atoms with Crippen molar-refractivity contribution in [2.75, 3.05) is 6.61 Å². The highest BCUT2D eigenvalue weighted by Crippen LogP contribution is 2.30. The first-order valence-corrected chi connectivity index (χ1v) is 5.99. The number of carbonyl (C=O) groups excluding carboxylic acids is 1. The van der Waals surface area contributed by atoms with Crippen molar-refractivity contribution < 1.29 is 32.5 Å². The van der Waals surface area contributed by atoms with E-state index in [1.165, 1.54) is 0 Å². The topological polar surface area (TPSA) is 68.7 Å². The minimum absolute atomic E-state index is 0.102. The molecule has 1 aromatic heterocycles. The van der Waals surface area contributed by atoms with Crippen molar-refractivity contribution in [2.45, 2.75) is 25.6 Å². The van der Waals surface area contributed by atoms with Gasteiger partial charge in [0.15, 0.2) is 0 Å². The molecule has 1 N–H and O–H groups in total. The number of hydrogen-bond acceptors (Lipinski definition) is 5. The van der Waals surface area contributed by atoms with Crippen LogP contribution in [0.4, 0.5) is 13.2 Å². The molecule has 9 heteroatoms. The first kappa shape index (κ1) is 16.4. The standard InChI is InChI=1S/C11H11ClF3NO4/c1-2-19-9(18)4-7-8(17)3-6(5-12)10(16-7)20-11(13,14)15/h3,17H,2,4-5H2,1H3. The number of esters is 1. The predicted molar refractivity (Wildman–Crippen MR) is 62.5 cm³/mol. The lowest BCUT2D eigenvalue weighted by Crippen LogP contribution is -2.19. The van der Waals surface area contributed by atoms with E-state index in [0.717, 1.165) is 6.07 Å². The Kier molecular flexibility index (Phi) is 5.43. The summed E-state index contributed by atoms with van der Waals surface area (Å²) in [5, 5.41) is 9.60. The summed E-state index contributed by atoms with van der Waals surface area (Å²) in [5.74, 6) is -2.33. The van der Waals surface area contributed by atoms with Gasteiger partial charge in [-0.1, -0.05) is 0 Å². The number of nitrogens with zero attached hydrogens (tertiary/aromatic N) is 1. The molecular formula is C11H11ClF3NO4. The third-order valence-corrected chi connectivity index (χ3v) is 2.38. The van der Waals surface area contributed by atoms with Crippen molar-refractivity contribution in [3.63, 3.8) is 0 Å². The van der Waals surface area contributed by atoms with Crippen LogP contribution in [0.2, 0.25) is 0 Å². The number of carbonyl (C=O) groups is 1. The Morgan fingerprint density at radius 2 is 2.15 bits per heavy atom. The average molecular weight is 314 g/mol. The summed E-state index contributed by atoms with van der Waals surface area (Å²) in [6, 6.07) is 0.968. The van der Waals surface area contributed by atoms with E-state index in [-0.39, 0.29) is 23.7 Å². The SMILES string of the molecule is CCOC(=O)Cc1nc(OC(F)(F)F)c(CCl)cc1O. The summed E-state index contributed by atoms with van der Waals surface area (Å²) in [6.07, 6.45) is -5.43. The zero-order valence-corrected chi connectivity index (χ0v) is 11.1. The van der Waals surface area contributed by atoms with E-state index in [0.29, 0.717) is 0 Å². The number of hydrogen-bond donors (Lipinski definition) is 1. The molecule has 112 valence electrons. The molecular weight excluding hydrogens is 303 g/mol. The molecule has 0 saturated heterocycles. The molecule has 5 nitrogen and oxygen atoms in total. The molecule has 0 unspecified atom stereocenters. The highest BCUT2D eigenvalue weighted by atomic mass is 35.5. The van der Waals surface area contributed by atoms with E-state index < -0.39 is 30.4 Å². The van der Waals surface area contributed by atoms with Gasteiger partial charge >= 0.3 is 12.3 Å². The maximum atomic E-state index is 12.2. The molecule has 20 heavy (non-hydrogen) atoms. The number of alkyl halides is 4. The normalized spacial score (nSPS) is 11.2. The smallest absolute Gasteiger partial charge is 0.506 e.